The van der Waals surface area contributed by atoms with Crippen molar-refractivity contribution in [2.24, 2.45) is 0 Å². The van der Waals surface area contributed by atoms with Crippen LogP contribution in [0.4, 0.5) is 10.3 Å². The highest BCUT2D eigenvalue weighted by Crippen LogP contribution is 2.41. The SMILES string of the molecule is CC(C)(c1noc(N)c1-c1ccc(F)cc1Cl)S(C)(=O)=O. The Balaban J connectivity index is 2.75. The van der Waals surface area contributed by atoms with Crippen molar-refractivity contribution in [2.45, 2.75) is 18.6 Å². The Morgan fingerprint density at radius 1 is 1.38 bits per heavy atom. The van der Waals surface area contributed by atoms with E-state index in [0.29, 0.717) is 5.56 Å². The summed E-state index contributed by atoms with van der Waals surface area (Å²) in [7, 11) is -3.49. The fourth-order valence-electron chi connectivity index (χ4n) is 1.84. The lowest BCUT2D eigenvalue weighted by Gasteiger charge is -2.21. The molecule has 0 atom stereocenters. The smallest absolute Gasteiger partial charge is 0.230 e. The Morgan fingerprint density at radius 3 is 2.52 bits per heavy atom. The van der Waals surface area contributed by atoms with Gasteiger partial charge in [-0.15, -0.1) is 0 Å². The van der Waals surface area contributed by atoms with Crippen molar-refractivity contribution >= 4 is 27.3 Å². The van der Waals surface area contributed by atoms with E-state index >= 15 is 0 Å². The molecule has 0 bridgehead atoms. The molecule has 5 nitrogen and oxygen atoms in total. The Kier molecular flexibility index (Phi) is 3.75. The number of aromatic nitrogens is 1. The summed E-state index contributed by atoms with van der Waals surface area (Å²) in [5.41, 5.74) is 6.50. The summed E-state index contributed by atoms with van der Waals surface area (Å²) >= 11 is 6.01. The van der Waals surface area contributed by atoms with E-state index in [-0.39, 0.29) is 22.2 Å². The van der Waals surface area contributed by atoms with E-state index in [9.17, 15) is 12.8 Å². The van der Waals surface area contributed by atoms with Crippen LogP contribution in [0.2, 0.25) is 5.02 Å². The van der Waals surface area contributed by atoms with E-state index in [1.165, 1.54) is 26.0 Å². The third-order valence-electron chi connectivity index (χ3n) is 3.42. The van der Waals surface area contributed by atoms with Crippen molar-refractivity contribution in [1.82, 2.24) is 5.16 Å². The summed E-state index contributed by atoms with van der Waals surface area (Å²) in [4.78, 5) is 0. The first-order valence-electron chi connectivity index (χ1n) is 5.96. The quantitative estimate of drug-likeness (QED) is 0.933. The number of nitrogen functional groups attached to an aromatic ring is 1. The third-order valence-corrected chi connectivity index (χ3v) is 5.78. The van der Waals surface area contributed by atoms with Crippen molar-refractivity contribution in [3.05, 3.63) is 34.7 Å². The van der Waals surface area contributed by atoms with Gasteiger partial charge >= 0.3 is 0 Å². The molecule has 0 unspecified atom stereocenters. The minimum Gasteiger partial charge on any atom is -0.367 e. The van der Waals surface area contributed by atoms with Gasteiger partial charge in [0.05, 0.1) is 10.6 Å². The zero-order valence-corrected chi connectivity index (χ0v) is 13.2. The Bertz CT molecular complexity index is 800. The molecule has 1 aromatic carbocycles. The second-order valence-corrected chi connectivity index (χ2v) is 8.15. The summed E-state index contributed by atoms with van der Waals surface area (Å²) in [6.07, 6.45) is 1.09. The van der Waals surface area contributed by atoms with Crippen molar-refractivity contribution in [3.8, 4) is 11.1 Å². The van der Waals surface area contributed by atoms with Gasteiger partial charge in [0.15, 0.2) is 9.84 Å². The molecule has 2 rings (SSSR count). The first-order valence-corrected chi connectivity index (χ1v) is 8.23. The van der Waals surface area contributed by atoms with Gasteiger partial charge < -0.3 is 10.3 Å². The highest BCUT2D eigenvalue weighted by Gasteiger charge is 2.39. The minimum atomic E-state index is -3.49. The van der Waals surface area contributed by atoms with Crippen LogP contribution in [0.1, 0.15) is 19.5 Å². The first kappa shape index (κ1) is 15.8. The molecule has 8 heteroatoms. The number of halogens is 2. The molecule has 1 aromatic heterocycles. The van der Waals surface area contributed by atoms with Gasteiger partial charge in [0.25, 0.3) is 0 Å². The molecule has 1 heterocycles. The lowest BCUT2D eigenvalue weighted by molar-refractivity contribution is 0.417. The van der Waals surface area contributed by atoms with Crippen LogP contribution in [0, 0.1) is 5.82 Å². The number of hydrogen-bond acceptors (Lipinski definition) is 5. The predicted octanol–water partition coefficient (Wildman–Crippen LogP) is 3.00. The maximum atomic E-state index is 13.2. The molecule has 0 saturated heterocycles. The summed E-state index contributed by atoms with van der Waals surface area (Å²) in [5, 5.41) is 3.86. The molecule has 2 aromatic rings. The minimum absolute atomic E-state index is 0.0739. The topological polar surface area (TPSA) is 86.2 Å². The standard InChI is InChI=1S/C13H14ClFN2O3S/c1-13(2,21(3,18)19)11-10(12(16)20-17-11)8-5-4-7(15)6-9(8)14/h4-6H,16H2,1-3H3. The van der Waals surface area contributed by atoms with Gasteiger partial charge in [-0.25, -0.2) is 12.8 Å². The number of anilines is 1. The molecule has 0 aliphatic heterocycles. The van der Waals surface area contributed by atoms with Crippen molar-refractivity contribution in [2.75, 3.05) is 12.0 Å². The fraction of sp³-hybridized carbons (Fsp3) is 0.308. The van der Waals surface area contributed by atoms with Crippen molar-refractivity contribution in [1.29, 1.82) is 0 Å². The molecule has 0 amide bonds. The van der Waals surface area contributed by atoms with E-state index in [1.807, 2.05) is 0 Å². The van der Waals surface area contributed by atoms with Gasteiger partial charge in [-0.3, -0.25) is 0 Å². The second kappa shape index (κ2) is 4.99. The van der Waals surface area contributed by atoms with Gasteiger partial charge in [0, 0.05) is 11.8 Å². The van der Waals surface area contributed by atoms with Gasteiger partial charge in [-0.2, -0.15) is 0 Å². The number of nitrogens with two attached hydrogens (primary N) is 1. The first-order chi connectivity index (χ1) is 9.55. The number of sulfone groups is 1. The van der Waals surface area contributed by atoms with Gasteiger partial charge in [-0.05, 0) is 32.0 Å². The third kappa shape index (κ3) is 2.63. The highest BCUT2D eigenvalue weighted by molar-refractivity contribution is 7.91. The van der Waals surface area contributed by atoms with E-state index in [0.717, 1.165) is 12.3 Å². The van der Waals surface area contributed by atoms with Crippen LogP contribution in [-0.4, -0.2) is 19.8 Å². The second-order valence-electron chi connectivity index (χ2n) is 5.18. The molecule has 0 aliphatic carbocycles. The van der Waals surface area contributed by atoms with Crippen molar-refractivity contribution < 1.29 is 17.3 Å². The summed E-state index contributed by atoms with van der Waals surface area (Å²) < 4.78 is 40.7. The maximum Gasteiger partial charge on any atom is 0.230 e. The predicted molar refractivity (Wildman–Crippen MR) is 79.2 cm³/mol. The average molecular weight is 333 g/mol. The van der Waals surface area contributed by atoms with Gasteiger partial charge in [0.2, 0.25) is 5.88 Å². The van der Waals surface area contributed by atoms with E-state index in [4.69, 9.17) is 21.9 Å². The normalized spacial score (nSPS) is 12.6. The molecule has 0 fully saturated rings. The number of nitrogens with zero attached hydrogens (tertiary/aromatic N) is 1. The lowest BCUT2D eigenvalue weighted by atomic mass is 9.98. The van der Waals surface area contributed by atoms with Crippen molar-refractivity contribution in [3.63, 3.8) is 0 Å². The largest absolute Gasteiger partial charge is 0.367 e. The summed E-state index contributed by atoms with van der Waals surface area (Å²) in [5.74, 6) is -0.585. The zero-order valence-electron chi connectivity index (χ0n) is 11.6. The summed E-state index contributed by atoms with van der Waals surface area (Å²) in [6.45, 7) is 2.97. The van der Waals surface area contributed by atoms with Crippen LogP contribution in [-0.2, 0) is 14.6 Å². The molecule has 0 aliphatic rings. The van der Waals surface area contributed by atoms with E-state index in [2.05, 4.69) is 5.16 Å². The number of benzene rings is 1. The Morgan fingerprint density at radius 2 is 2.00 bits per heavy atom. The molecule has 0 saturated carbocycles. The molecule has 114 valence electrons. The average Bonchev–Trinajstić information content (AvgIpc) is 2.70. The fourth-order valence-corrected chi connectivity index (χ4v) is 2.59. The van der Waals surface area contributed by atoms with Crippen LogP contribution in [0.3, 0.4) is 0 Å². The van der Waals surface area contributed by atoms with Crippen LogP contribution in [0.15, 0.2) is 22.7 Å². The zero-order chi connectivity index (χ0) is 16.0. The lowest BCUT2D eigenvalue weighted by Crippen LogP contribution is -2.29. The highest BCUT2D eigenvalue weighted by atomic mass is 35.5. The molecule has 2 N–H and O–H groups in total. The van der Waals surface area contributed by atoms with E-state index in [1.54, 1.807) is 0 Å². The maximum absolute atomic E-state index is 13.2. The molecule has 21 heavy (non-hydrogen) atoms. The van der Waals surface area contributed by atoms with Gasteiger partial charge in [0.1, 0.15) is 16.3 Å². The van der Waals surface area contributed by atoms with Crippen LogP contribution in [0.5, 0.6) is 0 Å². The van der Waals surface area contributed by atoms with E-state index < -0.39 is 20.4 Å². The molecular formula is C13H14ClFN2O3S. The summed E-state index contributed by atoms with van der Waals surface area (Å²) in [6, 6.07) is 3.72. The molecular weight excluding hydrogens is 319 g/mol. The Labute approximate surface area is 126 Å². The number of rotatable bonds is 3. The monoisotopic (exact) mass is 332 g/mol. The van der Waals surface area contributed by atoms with Gasteiger partial charge in [-0.1, -0.05) is 16.8 Å². The van der Waals surface area contributed by atoms with Crippen LogP contribution >= 0.6 is 11.6 Å². The van der Waals surface area contributed by atoms with Crippen LogP contribution in [0.25, 0.3) is 11.1 Å². The molecule has 0 spiro atoms. The Hall–Kier alpha value is -1.60. The number of hydrogen-bond donors (Lipinski definition) is 1. The van der Waals surface area contributed by atoms with Crippen LogP contribution < -0.4 is 5.73 Å². The molecule has 0 radical (unpaired) electrons.